The largest absolute Gasteiger partial charge is 0.486 e. The first-order valence-corrected chi connectivity index (χ1v) is 8.38. The molecule has 0 radical (unpaired) electrons. The topological polar surface area (TPSA) is 70.3 Å². The van der Waals surface area contributed by atoms with Gasteiger partial charge in [-0.3, -0.25) is 0 Å². The average molecular weight is 462 g/mol. The molecular weight excluding hydrogens is 449 g/mol. The second-order valence-corrected chi connectivity index (χ2v) is 6.46. The second kappa shape index (κ2) is 5.96. The lowest BCUT2D eigenvalue weighted by Gasteiger charge is -2.20. The molecule has 0 spiro atoms. The molecule has 0 unspecified atom stereocenters. The lowest BCUT2D eigenvalue weighted by atomic mass is 10.1. The first-order chi connectivity index (χ1) is 10.1. The number of fused-ring (bicyclic) bond motifs is 1. The van der Waals surface area contributed by atoms with E-state index >= 15 is 0 Å². The highest BCUT2D eigenvalue weighted by Crippen LogP contribution is 2.40. The van der Waals surface area contributed by atoms with Crippen LogP contribution in [0.3, 0.4) is 0 Å². The zero-order valence-corrected chi connectivity index (χ0v) is 15.1. The predicted molar refractivity (Wildman–Crippen MR) is 92.7 cm³/mol. The summed E-state index contributed by atoms with van der Waals surface area (Å²) in [6.45, 7) is 3.14. The molecule has 7 heteroatoms. The van der Waals surface area contributed by atoms with Gasteiger partial charge in [0.15, 0.2) is 17.3 Å². The molecule has 0 saturated carbocycles. The van der Waals surface area contributed by atoms with Gasteiger partial charge in [-0.15, -0.1) is 0 Å². The lowest BCUT2D eigenvalue weighted by molar-refractivity contribution is 0.170. The predicted octanol–water partition coefficient (Wildman–Crippen LogP) is 3.43. The maximum absolute atomic E-state index is 5.98. The van der Waals surface area contributed by atoms with E-state index in [1.807, 2.05) is 19.1 Å². The van der Waals surface area contributed by atoms with Crippen molar-refractivity contribution >= 4 is 44.3 Å². The molecule has 5 nitrogen and oxygen atoms in total. The van der Waals surface area contributed by atoms with Crippen molar-refractivity contribution in [3.05, 3.63) is 25.9 Å². The number of benzene rings is 1. The first-order valence-electron chi connectivity index (χ1n) is 6.51. The number of anilines is 1. The fourth-order valence-electron chi connectivity index (χ4n) is 2.12. The van der Waals surface area contributed by atoms with Crippen molar-refractivity contribution in [1.29, 1.82) is 0 Å². The number of nitrogen functional groups attached to an aromatic ring is 1. The molecule has 2 N–H and O–H groups in total. The summed E-state index contributed by atoms with van der Waals surface area (Å²) >= 11 is 5.68. The van der Waals surface area contributed by atoms with Crippen LogP contribution in [0.15, 0.2) is 16.6 Å². The smallest absolute Gasteiger partial charge is 0.175 e. The van der Waals surface area contributed by atoms with E-state index in [0.29, 0.717) is 30.6 Å². The van der Waals surface area contributed by atoms with Crippen LogP contribution in [0.4, 0.5) is 5.82 Å². The van der Waals surface area contributed by atoms with Crippen molar-refractivity contribution in [2.24, 2.45) is 0 Å². The minimum absolute atomic E-state index is 0.503. The van der Waals surface area contributed by atoms with E-state index in [0.717, 1.165) is 31.5 Å². The molecule has 21 heavy (non-hydrogen) atoms. The molecule has 1 aromatic carbocycles. The number of rotatable bonds is 2. The SMILES string of the molecule is CCc1nc(-c2cc(Br)c3c(c2)OCCO3)nc(N)c1I. The molecule has 0 atom stereocenters. The number of nitrogens with zero attached hydrogens (tertiary/aromatic N) is 2. The van der Waals surface area contributed by atoms with Crippen molar-refractivity contribution in [3.63, 3.8) is 0 Å². The van der Waals surface area contributed by atoms with Crippen molar-refractivity contribution < 1.29 is 9.47 Å². The number of nitrogens with two attached hydrogens (primary N) is 1. The van der Waals surface area contributed by atoms with Crippen LogP contribution < -0.4 is 15.2 Å². The zero-order chi connectivity index (χ0) is 15.0. The molecule has 110 valence electrons. The van der Waals surface area contributed by atoms with E-state index in [4.69, 9.17) is 15.2 Å². The van der Waals surface area contributed by atoms with Gasteiger partial charge in [-0.2, -0.15) is 0 Å². The van der Waals surface area contributed by atoms with E-state index in [1.54, 1.807) is 0 Å². The Bertz CT molecular complexity index is 709. The maximum atomic E-state index is 5.98. The van der Waals surface area contributed by atoms with Crippen LogP contribution in [0.2, 0.25) is 0 Å². The van der Waals surface area contributed by atoms with Gasteiger partial charge < -0.3 is 15.2 Å². The lowest BCUT2D eigenvalue weighted by Crippen LogP contribution is -2.15. The minimum atomic E-state index is 0.503. The van der Waals surface area contributed by atoms with E-state index < -0.39 is 0 Å². The Hall–Kier alpha value is -1.09. The summed E-state index contributed by atoms with van der Waals surface area (Å²) in [5, 5.41) is 0. The van der Waals surface area contributed by atoms with Gasteiger partial charge >= 0.3 is 0 Å². The Balaban J connectivity index is 2.13. The zero-order valence-electron chi connectivity index (χ0n) is 11.3. The van der Waals surface area contributed by atoms with Gasteiger partial charge in [0.1, 0.15) is 19.0 Å². The Morgan fingerprint density at radius 3 is 2.81 bits per heavy atom. The quantitative estimate of drug-likeness (QED) is 0.694. The summed E-state index contributed by atoms with van der Waals surface area (Å²) in [7, 11) is 0. The highest BCUT2D eigenvalue weighted by atomic mass is 127. The molecule has 0 saturated heterocycles. The Kier molecular flexibility index (Phi) is 4.21. The summed E-state index contributed by atoms with van der Waals surface area (Å²) in [6, 6.07) is 3.81. The Morgan fingerprint density at radius 1 is 1.29 bits per heavy atom. The van der Waals surface area contributed by atoms with E-state index in [2.05, 4.69) is 48.5 Å². The van der Waals surface area contributed by atoms with Crippen molar-refractivity contribution in [1.82, 2.24) is 9.97 Å². The van der Waals surface area contributed by atoms with Gasteiger partial charge in [-0.1, -0.05) is 6.92 Å². The van der Waals surface area contributed by atoms with Crippen LogP contribution in [0, 0.1) is 3.57 Å². The van der Waals surface area contributed by atoms with Crippen molar-refractivity contribution in [2.45, 2.75) is 13.3 Å². The summed E-state index contributed by atoms with van der Waals surface area (Å²) < 4.78 is 13.0. The van der Waals surface area contributed by atoms with E-state index in [-0.39, 0.29) is 0 Å². The molecule has 0 fully saturated rings. The fraction of sp³-hybridized carbons (Fsp3) is 0.286. The molecule has 1 aromatic heterocycles. The van der Waals surface area contributed by atoms with Crippen LogP contribution in [-0.4, -0.2) is 23.2 Å². The summed E-state index contributed by atoms with van der Waals surface area (Å²) in [4.78, 5) is 8.98. The van der Waals surface area contributed by atoms with Crippen LogP contribution in [0.25, 0.3) is 11.4 Å². The fourth-order valence-corrected chi connectivity index (χ4v) is 3.30. The molecule has 2 heterocycles. The normalized spacial score (nSPS) is 13.3. The highest BCUT2D eigenvalue weighted by Gasteiger charge is 2.19. The van der Waals surface area contributed by atoms with Crippen molar-refractivity contribution in [3.8, 4) is 22.9 Å². The molecule has 3 rings (SSSR count). The number of hydrogen-bond acceptors (Lipinski definition) is 5. The highest BCUT2D eigenvalue weighted by molar-refractivity contribution is 14.1. The molecule has 1 aliphatic heterocycles. The molecule has 0 aliphatic carbocycles. The average Bonchev–Trinajstić information content (AvgIpc) is 2.50. The van der Waals surface area contributed by atoms with Gasteiger partial charge in [0.05, 0.1) is 13.7 Å². The third-order valence-corrected chi connectivity index (χ3v) is 4.90. The van der Waals surface area contributed by atoms with Gasteiger partial charge in [0.2, 0.25) is 0 Å². The summed E-state index contributed by atoms with van der Waals surface area (Å²) in [6.07, 6.45) is 0.809. The number of hydrogen-bond donors (Lipinski definition) is 1. The number of aryl methyl sites for hydroxylation is 1. The third-order valence-electron chi connectivity index (χ3n) is 3.14. The second-order valence-electron chi connectivity index (χ2n) is 4.53. The maximum Gasteiger partial charge on any atom is 0.175 e. The van der Waals surface area contributed by atoms with Gasteiger partial charge in [0.25, 0.3) is 0 Å². The van der Waals surface area contributed by atoms with Crippen molar-refractivity contribution in [2.75, 3.05) is 18.9 Å². The number of aromatic nitrogens is 2. The number of ether oxygens (including phenoxy) is 2. The Morgan fingerprint density at radius 2 is 2.05 bits per heavy atom. The summed E-state index contributed by atoms with van der Waals surface area (Å²) in [5.74, 6) is 2.52. The monoisotopic (exact) mass is 461 g/mol. The molecule has 1 aliphatic rings. The number of halogens is 2. The van der Waals surface area contributed by atoms with Crippen LogP contribution >= 0.6 is 38.5 Å². The van der Waals surface area contributed by atoms with Crippen LogP contribution in [0.1, 0.15) is 12.6 Å². The van der Waals surface area contributed by atoms with Crippen LogP contribution in [0.5, 0.6) is 11.5 Å². The van der Waals surface area contributed by atoms with Crippen LogP contribution in [-0.2, 0) is 6.42 Å². The molecule has 0 amide bonds. The van der Waals surface area contributed by atoms with E-state index in [9.17, 15) is 0 Å². The first kappa shape index (κ1) is 14.8. The van der Waals surface area contributed by atoms with Gasteiger partial charge in [-0.05, 0) is 57.1 Å². The van der Waals surface area contributed by atoms with Gasteiger partial charge in [0, 0.05) is 5.56 Å². The van der Waals surface area contributed by atoms with Gasteiger partial charge in [-0.25, -0.2) is 9.97 Å². The molecule has 2 aromatic rings. The third kappa shape index (κ3) is 2.80. The van der Waals surface area contributed by atoms with E-state index in [1.165, 1.54) is 0 Å². The molecule has 0 bridgehead atoms. The molecular formula is C14H13BrIN3O2. The summed E-state index contributed by atoms with van der Waals surface area (Å²) in [5.41, 5.74) is 7.78. The standard InChI is InChI=1S/C14H13BrIN3O2/c1-2-9-11(16)13(17)19-14(18-9)7-5-8(15)12-10(6-7)20-3-4-21-12/h5-6H,2-4H2,1H3,(H2,17,18,19). The minimum Gasteiger partial charge on any atom is -0.486 e. The Labute approximate surface area is 144 Å².